The number of nitrogens with zero attached hydrogens (tertiary/aromatic N) is 4. The fraction of sp³-hybridized carbons (Fsp3) is 0.526. The topological polar surface area (TPSA) is 51.1 Å². The lowest BCUT2D eigenvalue weighted by atomic mass is 9.97. The van der Waals surface area contributed by atoms with Crippen molar-refractivity contribution in [2.45, 2.75) is 44.7 Å². The van der Waals surface area contributed by atoms with Crippen molar-refractivity contribution in [3.8, 4) is 11.5 Å². The molecular formula is C19H26N4O. The average Bonchev–Trinajstić information content (AvgIpc) is 2.65. The smallest absolute Gasteiger partial charge is 0.178 e. The summed E-state index contributed by atoms with van der Waals surface area (Å²) < 4.78 is 5.20. The largest absolute Gasteiger partial charge is 0.385 e. The Bertz CT molecular complexity index is 603. The molecule has 1 atom stereocenters. The second kappa shape index (κ2) is 8.85. The van der Waals surface area contributed by atoms with Gasteiger partial charge >= 0.3 is 0 Å². The number of methoxy groups -OCH3 is 1. The Labute approximate surface area is 144 Å². The Kier molecular flexibility index (Phi) is 6.26. The molecule has 0 N–H and O–H groups in total. The van der Waals surface area contributed by atoms with Crippen LogP contribution in [0, 0.1) is 0 Å². The lowest BCUT2D eigenvalue weighted by Gasteiger charge is -2.35. The Morgan fingerprint density at radius 1 is 1.17 bits per heavy atom. The Hall–Kier alpha value is -1.85. The summed E-state index contributed by atoms with van der Waals surface area (Å²) in [5.41, 5.74) is 1.99. The van der Waals surface area contributed by atoms with Crippen molar-refractivity contribution >= 4 is 0 Å². The lowest BCUT2D eigenvalue weighted by Crippen LogP contribution is -2.39. The molecule has 24 heavy (non-hydrogen) atoms. The first-order valence-corrected chi connectivity index (χ1v) is 8.82. The first kappa shape index (κ1) is 17.0. The van der Waals surface area contributed by atoms with Crippen LogP contribution in [0.4, 0.5) is 0 Å². The second-order valence-corrected chi connectivity index (χ2v) is 6.39. The Balaban J connectivity index is 1.61. The van der Waals surface area contributed by atoms with Gasteiger partial charge < -0.3 is 4.74 Å². The highest BCUT2D eigenvalue weighted by molar-refractivity contribution is 5.47. The zero-order chi connectivity index (χ0) is 16.6. The molecule has 0 spiro atoms. The fourth-order valence-electron chi connectivity index (χ4n) is 3.36. The van der Waals surface area contributed by atoms with Crippen molar-refractivity contribution in [1.29, 1.82) is 0 Å². The van der Waals surface area contributed by atoms with E-state index in [-0.39, 0.29) is 0 Å². The zero-order valence-electron chi connectivity index (χ0n) is 14.4. The van der Waals surface area contributed by atoms with Crippen LogP contribution in [-0.2, 0) is 11.3 Å². The molecule has 3 heterocycles. The van der Waals surface area contributed by atoms with Gasteiger partial charge in [-0.25, -0.2) is 9.97 Å². The van der Waals surface area contributed by atoms with Gasteiger partial charge in [0.25, 0.3) is 0 Å². The fourth-order valence-corrected chi connectivity index (χ4v) is 3.36. The predicted molar refractivity (Wildman–Crippen MR) is 94.4 cm³/mol. The Morgan fingerprint density at radius 3 is 2.79 bits per heavy atom. The summed E-state index contributed by atoms with van der Waals surface area (Å²) in [6, 6.07) is 6.45. The molecule has 1 unspecified atom stereocenters. The molecule has 5 heteroatoms. The van der Waals surface area contributed by atoms with Gasteiger partial charge in [-0.3, -0.25) is 9.88 Å². The van der Waals surface area contributed by atoms with Crippen LogP contribution in [-0.4, -0.2) is 46.2 Å². The van der Waals surface area contributed by atoms with Crippen LogP contribution in [0.25, 0.3) is 11.5 Å². The third-order valence-electron chi connectivity index (χ3n) is 4.62. The highest BCUT2D eigenvalue weighted by Crippen LogP contribution is 2.23. The predicted octanol–water partition coefficient (Wildman–Crippen LogP) is 3.32. The van der Waals surface area contributed by atoms with Crippen LogP contribution in [0.3, 0.4) is 0 Å². The third-order valence-corrected chi connectivity index (χ3v) is 4.62. The standard InChI is InChI=1S/C19H26N4O/c1-24-12-6-8-17-7-3-5-11-23(17)15-16-13-21-19(22-14-16)18-9-2-4-10-20-18/h2,4,9-10,13-14,17H,3,5-8,11-12,15H2,1H3. The quantitative estimate of drug-likeness (QED) is 0.731. The van der Waals surface area contributed by atoms with Crippen LogP contribution in [0.15, 0.2) is 36.8 Å². The maximum absolute atomic E-state index is 5.20. The maximum Gasteiger partial charge on any atom is 0.178 e. The van der Waals surface area contributed by atoms with Crippen LogP contribution >= 0.6 is 0 Å². The summed E-state index contributed by atoms with van der Waals surface area (Å²) in [6.07, 6.45) is 11.9. The molecule has 0 aliphatic carbocycles. The zero-order valence-corrected chi connectivity index (χ0v) is 14.4. The van der Waals surface area contributed by atoms with E-state index in [0.717, 1.165) is 25.3 Å². The molecule has 128 valence electrons. The second-order valence-electron chi connectivity index (χ2n) is 6.39. The van der Waals surface area contributed by atoms with E-state index in [1.54, 1.807) is 13.3 Å². The van der Waals surface area contributed by atoms with E-state index < -0.39 is 0 Å². The molecule has 0 aromatic carbocycles. The van der Waals surface area contributed by atoms with E-state index in [4.69, 9.17) is 4.74 Å². The molecule has 3 rings (SSSR count). The monoisotopic (exact) mass is 326 g/mol. The number of ether oxygens (including phenoxy) is 1. The molecule has 1 saturated heterocycles. The van der Waals surface area contributed by atoms with Gasteiger partial charge in [-0.1, -0.05) is 12.5 Å². The van der Waals surface area contributed by atoms with Crippen molar-refractivity contribution < 1.29 is 4.74 Å². The number of aromatic nitrogens is 3. The minimum atomic E-state index is 0.657. The number of likely N-dealkylation sites (tertiary alicyclic amines) is 1. The molecule has 0 amide bonds. The van der Waals surface area contributed by atoms with Crippen molar-refractivity contribution in [1.82, 2.24) is 19.9 Å². The summed E-state index contributed by atoms with van der Waals surface area (Å²) >= 11 is 0. The molecule has 1 aliphatic rings. The number of rotatable bonds is 7. The van der Waals surface area contributed by atoms with Crippen molar-refractivity contribution in [2.24, 2.45) is 0 Å². The minimum Gasteiger partial charge on any atom is -0.385 e. The molecule has 2 aromatic heterocycles. The van der Waals surface area contributed by atoms with E-state index in [1.807, 2.05) is 30.6 Å². The highest BCUT2D eigenvalue weighted by atomic mass is 16.5. The van der Waals surface area contributed by atoms with E-state index in [0.29, 0.717) is 11.9 Å². The maximum atomic E-state index is 5.20. The third kappa shape index (κ3) is 4.58. The Morgan fingerprint density at radius 2 is 2.04 bits per heavy atom. The number of pyridine rings is 1. The van der Waals surface area contributed by atoms with Gasteiger partial charge in [0, 0.05) is 50.5 Å². The first-order chi connectivity index (χ1) is 11.9. The molecule has 0 bridgehead atoms. The van der Waals surface area contributed by atoms with Crippen LogP contribution in [0.5, 0.6) is 0 Å². The summed E-state index contributed by atoms with van der Waals surface area (Å²) in [6.45, 7) is 2.95. The molecular weight excluding hydrogens is 300 g/mol. The van der Waals surface area contributed by atoms with Crippen molar-refractivity contribution in [3.05, 3.63) is 42.4 Å². The van der Waals surface area contributed by atoms with Gasteiger partial charge in [-0.05, 0) is 44.4 Å². The van der Waals surface area contributed by atoms with E-state index in [9.17, 15) is 0 Å². The van der Waals surface area contributed by atoms with Crippen molar-refractivity contribution in [3.63, 3.8) is 0 Å². The molecule has 1 fully saturated rings. The molecule has 2 aromatic rings. The van der Waals surface area contributed by atoms with Crippen molar-refractivity contribution in [2.75, 3.05) is 20.3 Å². The van der Waals surface area contributed by atoms with Gasteiger partial charge in [0.1, 0.15) is 5.69 Å². The van der Waals surface area contributed by atoms with E-state index in [1.165, 1.54) is 37.8 Å². The van der Waals surface area contributed by atoms with E-state index >= 15 is 0 Å². The summed E-state index contributed by atoms with van der Waals surface area (Å²) in [4.78, 5) is 15.9. The molecule has 5 nitrogen and oxygen atoms in total. The van der Waals surface area contributed by atoms with Gasteiger partial charge in [0.15, 0.2) is 5.82 Å². The van der Waals surface area contributed by atoms with Crippen LogP contribution in [0.1, 0.15) is 37.7 Å². The van der Waals surface area contributed by atoms with Crippen LogP contribution < -0.4 is 0 Å². The number of piperidine rings is 1. The van der Waals surface area contributed by atoms with Gasteiger partial charge in [-0.2, -0.15) is 0 Å². The summed E-state index contributed by atoms with van der Waals surface area (Å²) in [5.74, 6) is 0.689. The average molecular weight is 326 g/mol. The van der Waals surface area contributed by atoms with Gasteiger partial charge in [0.05, 0.1) is 0 Å². The summed E-state index contributed by atoms with van der Waals surface area (Å²) in [5, 5.41) is 0. The normalized spacial score (nSPS) is 18.6. The highest BCUT2D eigenvalue weighted by Gasteiger charge is 2.22. The molecule has 0 radical (unpaired) electrons. The SMILES string of the molecule is COCCCC1CCCCN1Cc1cnc(-c2ccccn2)nc1. The summed E-state index contributed by atoms with van der Waals surface area (Å²) in [7, 11) is 1.78. The number of hydrogen-bond acceptors (Lipinski definition) is 5. The molecule has 0 saturated carbocycles. The van der Waals surface area contributed by atoms with Gasteiger partial charge in [0.2, 0.25) is 0 Å². The minimum absolute atomic E-state index is 0.657. The van der Waals surface area contributed by atoms with Crippen LogP contribution in [0.2, 0.25) is 0 Å². The lowest BCUT2D eigenvalue weighted by molar-refractivity contribution is 0.116. The number of hydrogen-bond donors (Lipinski definition) is 0. The first-order valence-electron chi connectivity index (χ1n) is 8.82. The van der Waals surface area contributed by atoms with E-state index in [2.05, 4.69) is 19.9 Å². The molecule has 1 aliphatic heterocycles. The van der Waals surface area contributed by atoms with Gasteiger partial charge in [-0.15, -0.1) is 0 Å².